The van der Waals surface area contributed by atoms with Crippen LogP contribution < -0.4 is 4.74 Å². The first-order valence-electron chi connectivity index (χ1n) is 10.6. The van der Waals surface area contributed by atoms with Crippen molar-refractivity contribution in [3.63, 3.8) is 0 Å². The Morgan fingerprint density at radius 2 is 1.77 bits per heavy atom. The highest BCUT2D eigenvalue weighted by Gasteiger charge is 2.42. The van der Waals surface area contributed by atoms with Crippen molar-refractivity contribution in [1.82, 2.24) is 14.7 Å². The molecule has 8 nitrogen and oxygen atoms in total. The summed E-state index contributed by atoms with van der Waals surface area (Å²) in [6.07, 6.45) is 1.53. The molecule has 0 bridgehead atoms. The van der Waals surface area contributed by atoms with Gasteiger partial charge in [-0.15, -0.1) is 0 Å². The highest BCUT2D eigenvalue weighted by molar-refractivity contribution is 6.35. The van der Waals surface area contributed by atoms with Crippen LogP contribution in [0.4, 0.5) is 0 Å². The zero-order chi connectivity index (χ0) is 21.8. The van der Waals surface area contributed by atoms with E-state index in [2.05, 4.69) is 4.90 Å². The van der Waals surface area contributed by atoms with Gasteiger partial charge in [0, 0.05) is 32.7 Å². The lowest BCUT2D eigenvalue weighted by Gasteiger charge is -2.36. The van der Waals surface area contributed by atoms with Crippen LogP contribution in [0.25, 0.3) is 5.57 Å². The van der Waals surface area contributed by atoms with Crippen LogP contribution in [-0.2, 0) is 16.1 Å². The molecule has 0 unspecified atom stereocenters. The van der Waals surface area contributed by atoms with E-state index in [-0.39, 0.29) is 25.0 Å². The number of aliphatic hydroxyl groups excluding tert-OH is 1. The van der Waals surface area contributed by atoms with Crippen LogP contribution in [0.5, 0.6) is 5.75 Å². The number of imide groups is 1. The Bertz CT molecular complexity index is 944. The van der Waals surface area contributed by atoms with Crippen LogP contribution in [0.3, 0.4) is 0 Å². The summed E-state index contributed by atoms with van der Waals surface area (Å²) < 4.78 is 10.9. The van der Waals surface area contributed by atoms with Crippen molar-refractivity contribution in [3.8, 4) is 5.75 Å². The van der Waals surface area contributed by atoms with E-state index in [1.165, 1.54) is 11.2 Å². The summed E-state index contributed by atoms with van der Waals surface area (Å²) in [5.41, 5.74) is 1.54. The van der Waals surface area contributed by atoms with E-state index in [4.69, 9.17) is 9.15 Å². The topological polar surface area (TPSA) is 86.5 Å². The number of nitrogens with zero attached hydrogens (tertiary/aromatic N) is 3. The molecule has 8 heteroatoms. The molecular formula is C23H27N3O5. The van der Waals surface area contributed by atoms with E-state index >= 15 is 0 Å². The molecule has 31 heavy (non-hydrogen) atoms. The molecule has 0 aliphatic carbocycles. The maximum Gasteiger partial charge on any atom is 0.278 e. The third kappa shape index (κ3) is 4.35. The van der Waals surface area contributed by atoms with Gasteiger partial charge in [0.1, 0.15) is 17.2 Å². The number of furan rings is 1. The van der Waals surface area contributed by atoms with Crippen molar-refractivity contribution in [1.29, 1.82) is 0 Å². The minimum absolute atomic E-state index is 0.0964. The number of hydrogen-bond donors (Lipinski definition) is 1. The van der Waals surface area contributed by atoms with Crippen molar-refractivity contribution >= 4 is 17.4 Å². The van der Waals surface area contributed by atoms with Crippen molar-refractivity contribution in [3.05, 3.63) is 59.7 Å². The fourth-order valence-electron chi connectivity index (χ4n) is 4.04. The Labute approximate surface area is 181 Å². The molecule has 1 aromatic carbocycles. The molecule has 4 rings (SSSR count). The van der Waals surface area contributed by atoms with Crippen molar-refractivity contribution in [2.24, 2.45) is 0 Å². The Kier molecular flexibility index (Phi) is 6.39. The summed E-state index contributed by atoms with van der Waals surface area (Å²) in [6.45, 7) is 5.95. The lowest BCUT2D eigenvalue weighted by Crippen LogP contribution is -2.48. The Morgan fingerprint density at radius 3 is 2.39 bits per heavy atom. The summed E-state index contributed by atoms with van der Waals surface area (Å²) in [5, 5.41) is 9.19. The molecule has 1 N–H and O–H groups in total. The van der Waals surface area contributed by atoms with Gasteiger partial charge in [0.2, 0.25) is 0 Å². The van der Waals surface area contributed by atoms with Crippen LogP contribution in [0.1, 0.15) is 18.2 Å². The fourth-order valence-corrected chi connectivity index (χ4v) is 4.04. The predicted molar refractivity (Wildman–Crippen MR) is 114 cm³/mol. The maximum atomic E-state index is 13.4. The minimum atomic E-state index is -0.321. The largest absolute Gasteiger partial charge is 0.494 e. The lowest BCUT2D eigenvalue weighted by molar-refractivity contribution is -0.138. The fraction of sp³-hybridized carbons (Fsp3) is 0.391. The number of β-amino-alcohol motifs (C(OH)–C–C–N with tert-alkyl or cyclic N) is 1. The lowest BCUT2D eigenvalue weighted by atomic mass is 10.0. The van der Waals surface area contributed by atoms with E-state index in [0.717, 1.165) is 18.8 Å². The van der Waals surface area contributed by atoms with E-state index < -0.39 is 0 Å². The molecule has 2 aliphatic rings. The zero-order valence-electron chi connectivity index (χ0n) is 17.6. The average molecular weight is 425 g/mol. The first-order valence-corrected chi connectivity index (χ1v) is 10.6. The number of carbonyl (C=O) groups is 2. The van der Waals surface area contributed by atoms with Gasteiger partial charge in [0.25, 0.3) is 11.8 Å². The van der Waals surface area contributed by atoms with Crippen LogP contribution in [0, 0.1) is 0 Å². The van der Waals surface area contributed by atoms with E-state index in [1.807, 2.05) is 36.1 Å². The molecule has 3 heterocycles. The number of amides is 2. The summed E-state index contributed by atoms with van der Waals surface area (Å²) >= 11 is 0. The predicted octanol–water partition coefficient (Wildman–Crippen LogP) is 1.57. The third-order valence-corrected chi connectivity index (χ3v) is 5.60. The van der Waals surface area contributed by atoms with E-state index in [9.17, 15) is 14.7 Å². The Balaban J connectivity index is 1.65. The van der Waals surface area contributed by atoms with Crippen LogP contribution in [-0.4, -0.2) is 77.6 Å². The summed E-state index contributed by atoms with van der Waals surface area (Å²) in [7, 11) is 0. The van der Waals surface area contributed by atoms with Gasteiger partial charge < -0.3 is 19.2 Å². The van der Waals surface area contributed by atoms with Gasteiger partial charge in [-0.1, -0.05) is 12.1 Å². The zero-order valence-corrected chi connectivity index (χ0v) is 17.6. The second-order valence-electron chi connectivity index (χ2n) is 7.51. The average Bonchev–Trinajstić information content (AvgIpc) is 3.38. The van der Waals surface area contributed by atoms with Crippen LogP contribution >= 0.6 is 0 Å². The standard InChI is InChI=1S/C23H27N3O5/c1-2-30-18-7-5-17(6-8-18)20-21(25-11-9-24(10-12-25)13-14-27)23(29)26(22(20)28)16-19-4-3-15-31-19/h3-8,15,27H,2,9-14,16H2,1H3. The number of hydrogen-bond acceptors (Lipinski definition) is 7. The molecular weight excluding hydrogens is 398 g/mol. The minimum Gasteiger partial charge on any atom is -0.494 e. The molecule has 0 atom stereocenters. The highest BCUT2D eigenvalue weighted by Crippen LogP contribution is 2.34. The molecule has 164 valence electrons. The van der Waals surface area contributed by atoms with Crippen molar-refractivity contribution in [2.75, 3.05) is 45.9 Å². The number of ether oxygens (including phenoxy) is 1. The first-order chi connectivity index (χ1) is 15.1. The van der Waals surface area contributed by atoms with Gasteiger partial charge in [-0.3, -0.25) is 19.4 Å². The van der Waals surface area contributed by atoms with Crippen LogP contribution in [0.15, 0.2) is 52.8 Å². The monoisotopic (exact) mass is 425 g/mol. The van der Waals surface area contributed by atoms with Gasteiger partial charge in [-0.05, 0) is 36.8 Å². The number of rotatable bonds is 8. The quantitative estimate of drug-likeness (QED) is 0.643. The van der Waals surface area contributed by atoms with Gasteiger partial charge in [0.05, 0.1) is 31.6 Å². The number of piperazine rings is 1. The molecule has 1 aromatic heterocycles. The molecule has 0 saturated carbocycles. The smallest absolute Gasteiger partial charge is 0.278 e. The van der Waals surface area contributed by atoms with Gasteiger partial charge >= 0.3 is 0 Å². The van der Waals surface area contributed by atoms with E-state index in [0.29, 0.717) is 48.8 Å². The van der Waals surface area contributed by atoms with Crippen LogP contribution in [0.2, 0.25) is 0 Å². The van der Waals surface area contributed by atoms with E-state index in [1.54, 1.807) is 12.1 Å². The number of aliphatic hydroxyl groups is 1. The number of carbonyl (C=O) groups excluding carboxylic acids is 2. The van der Waals surface area contributed by atoms with Gasteiger partial charge in [-0.25, -0.2) is 0 Å². The maximum absolute atomic E-state index is 13.4. The second kappa shape index (κ2) is 9.36. The molecule has 0 spiro atoms. The Morgan fingerprint density at radius 1 is 1.03 bits per heavy atom. The van der Waals surface area contributed by atoms with Crippen molar-refractivity contribution in [2.45, 2.75) is 13.5 Å². The molecule has 1 saturated heterocycles. The molecule has 1 fully saturated rings. The van der Waals surface area contributed by atoms with Gasteiger partial charge in [0.15, 0.2) is 0 Å². The van der Waals surface area contributed by atoms with Crippen molar-refractivity contribution < 1.29 is 23.8 Å². The Hall–Kier alpha value is -3.10. The summed E-state index contributed by atoms with van der Waals surface area (Å²) in [6, 6.07) is 10.8. The summed E-state index contributed by atoms with van der Waals surface area (Å²) in [5.74, 6) is 0.649. The molecule has 0 radical (unpaired) electrons. The highest BCUT2D eigenvalue weighted by atomic mass is 16.5. The molecule has 2 aliphatic heterocycles. The first kappa shape index (κ1) is 21.1. The number of benzene rings is 1. The molecule has 2 amide bonds. The third-order valence-electron chi connectivity index (χ3n) is 5.60. The summed E-state index contributed by atoms with van der Waals surface area (Å²) in [4.78, 5) is 32.2. The second-order valence-corrected chi connectivity index (χ2v) is 7.51. The normalized spacial score (nSPS) is 17.7. The molecule has 2 aromatic rings. The SMILES string of the molecule is CCOc1ccc(C2=C(N3CCN(CCO)CC3)C(=O)N(Cc3ccco3)C2=O)cc1. The van der Waals surface area contributed by atoms with Gasteiger partial charge in [-0.2, -0.15) is 0 Å².